The van der Waals surface area contributed by atoms with E-state index in [0.717, 1.165) is 15.8 Å². The van der Waals surface area contributed by atoms with Crippen LogP contribution < -0.4 is 25.2 Å². The number of hydrogen-bond acceptors (Lipinski definition) is 11. The van der Waals surface area contributed by atoms with E-state index in [1.165, 1.54) is 23.4 Å². The van der Waals surface area contributed by atoms with Crippen molar-refractivity contribution in [2.75, 3.05) is 43.0 Å². The molecule has 0 atom stereocenters. The fourth-order valence-electron chi connectivity index (χ4n) is 6.44. The predicted octanol–water partition coefficient (Wildman–Crippen LogP) is 4.37. The minimum atomic E-state index is -3.21. The molecular weight excluding hydrogens is 739 g/mol. The average Bonchev–Trinajstić information content (AvgIpc) is 3.81. The maximum Gasteiger partial charge on any atom is 0.387 e. The molecule has 19 heteroatoms. The van der Waals surface area contributed by atoms with E-state index in [1.807, 2.05) is 24.0 Å². The van der Waals surface area contributed by atoms with Crippen molar-refractivity contribution in [2.24, 2.45) is 0 Å². The van der Waals surface area contributed by atoms with Gasteiger partial charge in [-0.25, -0.2) is 9.97 Å². The van der Waals surface area contributed by atoms with Gasteiger partial charge in [0.15, 0.2) is 23.0 Å². The van der Waals surface area contributed by atoms with Gasteiger partial charge >= 0.3 is 6.61 Å². The highest BCUT2D eigenvalue weighted by Crippen LogP contribution is 2.39. The Balaban J connectivity index is 1.26. The van der Waals surface area contributed by atoms with E-state index in [1.54, 1.807) is 17.6 Å². The van der Waals surface area contributed by atoms with Crippen molar-refractivity contribution < 1.29 is 33.0 Å². The highest BCUT2D eigenvalue weighted by atomic mass is 35.5. The number of alkyl halides is 2. The number of nitrogens with zero attached hydrogens (tertiary/aromatic N) is 8. The van der Waals surface area contributed by atoms with Crippen LogP contribution in [0, 0.1) is 6.92 Å². The Morgan fingerprint density at radius 2 is 1.89 bits per heavy atom. The van der Waals surface area contributed by atoms with Crippen LogP contribution in [0.3, 0.4) is 0 Å². The maximum absolute atomic E-state index is 14.3. The highest BCUT2D eigenvalue weighted by molar-refractivity contribution is 6.39. The lowest BCUT2D eigenvalue weighted by Gasteiger charge is -2.36. The van der Waals surface area contributed by atoms with Crippen molar-refractivity contribution in [3.8, 4) is 28.6 Å². The van der Waals surface area contributed by atoms with Crippen LogP contribution >= 0.6 is 23.2 Å². The minimum absolute atomic E-state index is 0.0275. The molecule has 276 valence electrons. The van der Waals surface area contributed by atoms with Crippen molar-refractivity contribution >= 4 is 52.2 Å². The molecule has 2 aromatic carbocycles. The summed E-state index contributed by atoms with van der Waals surface area (Å²) in [6, 6.07) is 8.12. The first kappa shape index (κ1) is 35.8. The largest absolute Gasteiger partial charge is 0.504 e. The second kappa shape index (κ2) is 14.5. The molecule has 1 saturated heterocycles. The first-order chi connectivity index (χ1) is 25.4. The van der Waals surface area contributed by atoms with Gasteiger partial charge in [-0.1, -0.05) is 30.1 Å². The van der Waals surface area contributed by atoms with Gasteiger partial charge in [-0.2, -0.15) is 18.3 Å². The topological polar surface area (TPSA) is 169 Å². The number of aromatic nitrogens is 6. The molecule has 0 bridgehead atoms. The Hall–Kier alpha value is -5.55. The number of anilines is 2. The number of hydrogen-bond donors (Lipinski definition) is 2. The minimum Gasteiger partial charge on any atom is -0.504 e. The van der Waals surface area contributed by atoms with Gasteiger partial charge in [0.25, 0.3) is 11.5 Å². The van der Waals surface area contributed by atoms with Gasteiger partial charge in [-0.05, 0) is 49.2 Å². The molecule has 0 saturated carbocycles. The maximum atomic E-state index is 14.3. The van der Waals surface area contributed by atoms with Crippen molar-refractivity contribution in [1.82, 2.24) is 34.0 Å². The van der Waals surface area contributed by atoms with Crippen LogP contribution in [0.15, 0.2) is 41.5 Å². The monoisotopic (exact) mass is 769 g/mol. The quantitative estimate of drug-likeness (QED) is 0.218. The van der Waals surface area contributed by atoms with Crippen LogP contribution in [-0.2, 0) is 24.2 Å². The summed E-state index contributed by atoms with van der Waals surface area (Å²) in [6.45, 7) is 1.20. The molecule has 15 nitrogen and oxygen atoms in total. The van der Waals surface area contributed by atoms with E-state index in [0.29, 0.717) is 24.3 Å². The zero-order valence-corrected chi connectivity index (χ0v) is 29.8. The molecule has 2 aliphatic heterocycles. The Kier molecular flexibility index (Phi) is 9.78. The zero-order chi connectivity index (χ0) is 37.6. The van der Waals surface area contributed by atoms with Crippen molar-refractivity contribution in [3.63, 3.8) is 0 Å². The molecule has 2 N–H and O–H groups in total. The van der Waals surface area contributed by atoms with Gasteiger partial charge in [0.2, 0.25) is 11.7 Å². The smallest absolute Gasteiger partial charge is 0.387 e. The van der Waals surface area contributed by atoms with Gasteiger partial charge in [-0.3, -0.25) is 14.4 Å². The third-order valence-electron chi connectivity index (χ3n) is 9.03. The summed E-state index contributed by atoms with van der Waals surface area (Å²) >= 11 is 12.3. The third kappa shape index (κ3) is 6.77. The molecule has 0 aliphatic carbocycles. The summed E-state index contributed by atoms with van der Waals surface area (Å²) < 4.78 is 38.9. The summed E-state index contributed by atoms with van der Waals surface area (Å²) in [5.41, 5.74) is 1.99. The van der Waals surface area contributed by atoms with Crippen LogP contribution in [0.4, 0.5) is 20.2 Å². The number of aryl methyl sites for hydroxylation is 1. The Bertz CT molecular complexity index is 2330. The van der Waals surface area contributed by atoms with E-state index in [4.69, 9.17) is 32.9 Å². The summed E-state index contributed by atoms with van der Waals surface area (Å²) in [5.74, 6) is -0.798. The van der Waals surface area contributed by atoms with Gasteiger partial charge < -0.3 is 34.3 Å². The predicted molar refractivity (Wildman–Crippen MR) is 190 cm³/mol. The van der Waals surface area contributed by atoms with Gasteiger partial charge in [0.05, 0.1) is 28.7 Å². The lowest BCUT2D eigenvalue weighted by Crippen LogP contribution is -2.51. The van der Waals surface area contributed by atoms with Crippen LogP contribution in [0.1, 0.15) is 34.4 Å². The van der Waals surface area contributed by atoms with Crippen molar-refractivity contribution in [3.05, 3.63) is 79.7 Å². The Labute approximate surface area is 309 Å². The SMILES string of the molecule is CCc1c(N2CCN(C(=O)c3ncnc(C)c3O)CC2)c(=O)n2nc(-c3ccc4c(c3)CCO4)nc2n1CC(=O)Nc1ccc(Cl)c(OC(F)F)c1Cl. The summed E-state index contributed by atoms with van der Waals surface area (Å²) in [7, 11) is 0. The summed E-state index contributed by atoms with van der Waals surface area (Å²) in [5, 5.41) is 17.1. The fraction of sp³-hybridized carbons (Fsp3) is 0.324. The molecule has 2 aliphatic rings. The molecule has 0 radical (unpaired) electrons. The lowest BCUT2D eigenvalue weighted by molar-refractivity contribution is -0.116. The molecule has 5 heterocycles. The fourth-order valence-corrected chi connectivity index (χ4v) is 6.95. The number of aromatic hydroxyl groups is 1. The van der Waals surface area contributed by atoms with E-state index in [-0.39, 0.29) is 89.3 Å². The van der Waals surface area contributed by atoms with Crippen LogP contribution in [0.25, 0.3) is 17.2 Å². The number of carbonyl (C=O) groups excluding carboxylic acids is 2. The number of rotatable bonds is 9. The molecule has 53 heavy (non-hydrogen) atoms. The Morgan fingerprint density at radius 3 is 2.62 bits per heavy atom. The van der Waals surface area contributed by atoms with Gasteiger partial charge in [0, 0.05) is 38.2 Å². The molecule has 7 rings (SSSR count). The number of carbonyl (C=O) groups is 2. The summed E-state index contributed by atoms with van der Waals surface area (Å²) in [6.07, 6.45) is 2.20. The average molecular weight is 771 g/mol. The first-order valence-corrected chi connectivity index (χ1v) is 17.3. The van der Waals surface area contributed by atoms with Gasteiger partial charge in [-0.15, -0.1) is 5.10 Å². The van der Waals surface area contributed by atoms with Gasteiger partial charge in [0.1, 0.15) is 29.3 Å². The number of fused-ring (bicyclic) bond motifs is 2. The third-order valence-corrected chi connectivity index (χ3v) is 9.70. The number of benzene rings is 2. The summed E-state index contributed by atoms with van der Waals surface area (Å²) in [4.78, 5) is 57.3. The number of nitrogens with one attached hydrogen (secondary N) is 1. The second-order valence-corrected chi connectivity index (χ2v) is 13.0. The second-order valence-electron chi connectivity index (χ2n) is 12.2. The molecule has 3 aromatic heterocycles. The van der Waals surface area contributed by atoms with E-state index < -0.39 is 29.7 Å². The number of halogens is 4. The Morgan fingerprint density at radius 1 is 1.11 bits per heavy atom. The zero-order valence-electron chi connectivity index (χ0n) is 28.3. The number of amides is 2. The van der Waals surface area contributed by atoms with Crippen molar-refractivity contribution in [2.45, 2.75) is 39.8 Å². The van der Waals surface area contributed by atoms with Crippen LogP contribution in [-0.4, -0.2) is 90.4 Å². The van der Waals surface area contributed by atoms with E-state index >= 15 is 0 Å². The van der Waals surface area contributed by atoms with E-state index in [9.17, 15) is 28.3 Å². The molecule has 0 unspecified atom stereocenters. The molecule has 2 amide bonds. The van der Waals surface area contributed by atoms with Crippen LogP contribution in [0.5, 0.6) is 17.2 Å². The number of ether oxygens (including phenoxy) is 2. The molecule has 1 fully saturated rings. The standard InChI is InChI=1S/C34H31Cl2F2N9O6/c1-3-22-27(44-9-11-45(12-10-44)31(50)26-28(49)17(2)39-16-40-26)32(51)47-34(42-30(43-47)19-4-7-23-18(14-19)8-13-52-23)46(22)15-24(48)41-21-6-5-20(35)29(25(21)36)53-33(37)38/h4-7,14,16,33,49H,3,8-13,15H2,1-2H3,(H,41,48). The number of piperazine rings is 1. The lowest BCUT2D eigenvalue weighted by atomic mass is 10.1. The van der Waals surface area contributed by atoms with Crippen LogP contribution in [0.2, 0.25) is 10.0 Å². The first-order valence-electron chi connectivity index (χ1n) is 16.5. The molecular formula is C34H31Cl2F2N9O6. The van der Waals surface area contributed by atoms with E-state index in [2.05, 4.69) is 25.1 Å². The normalized spacial score (nSPS) is 14.1. The highest BCUT2D eigenvalue weighted by Gasteiger charge is 2.31. The molecule has 0 spiro atoms. The van der Waals surface area contributed by atoms with Crippen molar-refractivity contribution in [1.29, 1.82) is 0 Å². The molecule has 5 aromatic rings.